The largest absolute Gasteiger partial charge is 0.345 e. The maximum absolute atomic E-state index is 12.5. The SMILES string of the molecule is Cc1ccccc1CC(=O)c1c[nH]c2ncc(Br)cc12. The van der Waals surface area contributed by atoms with Gasteiger partial charge < -0.3 is 4.98 Å². The standard InChI is InChI=1S/C16H13BrN2O/c1-10-4-2-3-5-11(10)6-15(20)14-9-19-16-13(14)7-12(17)8-18-16/h2-5,7-9H,6H2,1H3,(H,18,19). The van der Waals surface area contributed by atoms with Crippen molar-refractivity contribution >= 4 is 32.7 Å². The summed E-state index contributed by atoms with van der Waals surface area (Å²) in [7, 11) is 0. The van der Waals surface area contributed by atoms with Gasteiger partial charge in [0.05, 0.1) is 0 Å². The van der Waals surface area contributed by atoms with E-state index in [4.69, 9.17) is 0 Å². The number of hydrogen-bond donors (Lipinski definition) is 1. The first kappa shape index (κ1) is 13.1. The van der Waals surface area contributed by atoms with E-state index in [1.54, 1.807) is 12.4 Å². The number of carbonyl (C=O) groups excluding carboxylic acids is 1. The predicted molar refractivity (Wildman–Crippen MR) is 83.0 cm³/mol. The van der Waals surface area contributed by atoms with Crippen LogP contribution < -0.4 is 0 Å². The zero-order chi connectivity index (χ0) is 14.1. The van der Waals surface area contributed by atoms with Crippen molar-refractivity contribution in [2.24, 2.45) is 0 Å². The van der Waals surface area contributed by atoms with E-state index >= 15 is 0 Å². The molecular weight excluding hydrogens is 316 g/mol. The fraction of sp³-hybridized carbons (Fsp3) is 0.125. The molecule has 0 bridgehead atoms. The van der Waals surface area contributed by atoms with Crippen LogP contribution in [-0.2, 0) is 6.42 Å². The highest BCUT2D eigenvalue weighted by Crippen LogP contribution is 2.22. The van der Waals surface area contributed by atoms with Crippen LogP contribution >= 0.6 is 15.9 Å². The van der Waals surface area contributed by atoms with Gasteiger partial charge in [0, 0.05) is 34.2 Å². The van der Waals surface area contributed by atoms with E-state index in [1.807, 2.05) is 37.3 Å². The summed E-state index contributed by atoms with van der Waals surface area (Å²) in [6.45, 7) is 2.02. The van der Waals surface area contributed by atoms with Gasteiger partial charge >= 0.3 is 0 Å². The summed E-state index contributed by atoms with van der Waals surface area (Å²) in [6, 6.07) is 9.88. The van der Waals surface area contributed by atoms with Gasteiger partial charge in [0.15, 0.2) is 5.78 Å². The molecule has 100 valence electrons. The second-order valence-corrected chi connectivity index (χ2v) is 5.69. The fourth-order valence-corrected chi connectivity index (χ4v) is 2.62. The number of nitrogens with one attached hydrogen (secondary N) is 1. The van der Waals surface area contributed by atoms with Crippen LogP contribution in [0.2, 0.25) is 0 Å². The number of H-pyrrole nitrogens is 1. The fourth-order valence-electron chi connectivity index (χ4n) is 2.29. The Labute approximate surface area is 125 Å². The average Bonchev–Trinajstić information content (AvgIpc) is 2.84. The number of nitrogens with zero attached hydrogens (tertiary/aromatic N) is 1. The Kier molecular flexibility index (Phi) is 3.40. The van der Waals surface area contributed by atoms with Crippen LogP contribution in [0.4, 0.5) is 0 Å². The van der Waals surface area contributed by atoms with Crippen LogP contribution in [0.1, 0.15) is 21.5 Å². The Balaban J connectivity index is 1.97. The van der Waals surface area contributed by atoms with Gasteiger partial charge in [-0.2, -0.15) is 0 Å². The van der Waals surface area contributed by atoms with Gasteiger partial charge in [0.2, 0.25) is 0 Å². The number of halogens is 1. The number of pyridine rings is 1. The molecule has 0 aliphatic carbocycles. The van der Waals surface area contributed by atoms with Crippen molar-refractivity contribution in [3.05, 3.63) is 63.9 Å². The third kappa shape index (κ3) is 2.39. The highest BCUT2D eigenvalue weighted by molar-refractivity contribution is 9.10. The minimum atomic E-state index is 0.102. The molecule has 0 aliphatic rings. The Morgan fingerprint density at radius 3 is 2.95 bits per heavy atom. The molecule has 2 heterocycles. The summed E-state index contributed by atoms with van der Waals surface area (Å²) in [5.41, 5.74) is 3.63. The molecule has 0 atom stereocenters. The molecule has 4 heteroatoms. The van der Waals surface area contributed by atoms with Gasteiger partial charge in [-0.05, 0) is 40.0 Å². The van der Waals surface area contributed by atoms with Gasteiger partial charge in [0.25, 0.3) is 0 Å². The summed E-state index contributed by atoms with van der Waals surface area (Å²) in [5, 5.41) is 0.859. The minimum Gasteiger partial charge on any atom is -0.345 e. The lowest BCUT2D eigenvalue weighted by molar-refractivity contribution is 0.0994. The maximum atomic E-state index is 12.5. The molecule has 3 rings (SSSR count). The third-order valence-electron chi connectivity index (χ3n) is 3.41. The summed E-state index contributed by atoms with van der Waals surface area (Å²) < 4.78 is 0.870. The van der Waals surface area contributed by atoms with E-state index in [0.29, 0.717) is 12.0 Å². The monoisotopic (exact) mass is 328 g/mol. The first-order chi connectivity index (χ1) is 9.65. The molecule has 3 nitrogen and oxygen atoms in total. The van der Waals surface area contributed by atoms with E-state index in [2.05, 4.69) is 25.9 Å². The van der Waals surface area contributed by atoms with Crippen LogP contribution in [0, 0.1) is 6.92 Å². The van der Waals surface area contributed by atoms with Crippen molar-refractivity contribution in [2.45, 2.75) is 13.3 Å². The zero-order valence-corrected chi connectivity index (χ0v) is 12.6. The number of benzene rings is 1. The first-order valence-corrected chi connectivity index (χ1v) is 7.15. The topological polar surface area (TPSA) is 45.8 Å². The smallest absolute Gasteiger partial charge is 0.169 e. The normalized spacial score (nSPS) is 10.9. The number of ketones is 1. The van der Waals surface area contributed by atoms with Gasteiger partial charge in [-0.25, -0.2) is 4.98 Å². The second-order valence-electron chi connectivity index (χ2n) is 4.78. The van der Waals surface area contributed by atoms with Gasteiger partial charge in [-0.1, -0.05) is 24.3 Å². The van der Waals surface area contributed by atoms with Crippen molar-refractivity contribution in [3.8, 4) is 0 Å². The number of hydrogen-bond acceptors (Lipinski definition) is 2. The van der Waals surface area contributed by atoms with E-state index in [9.17, 15) is 4.79 Å². The lowest BCUT2D eigenvalue weighted by Gasteiger charge is -2.04. The zero-order valence-electron chi connectivity index (χ0n) is 11.0. The summed E-state index contributed by atoms with van der Waals surface area (Å²) in [4.78, 5) is 19.8. The number of Topliss-reactive ketones (excluding diaryl/α,β-unsaturated/α-hetero) is 1. The molecule has 0 amide bonds. The Bertz CT molecular complexity index is 792. The maximum Gasteiger partial charge on any atom is 0.169 e. The Hall–Kier alpha value is -1.94. The molecule has 0 radical (unpaired) electrons. The van der Waals surface area contributed by atoms with Crippen molar-refractivity contribution in [1.29, 1.82) is 0 Å². The molecular formula is C16H13BrN2O. The number of rotatable bonds is 3. The number of fused-ring (bicyclic) bond motifs is 1. The molecule has 0 unspecified atom stereocenters. The Morgan fingerprint density at radius 2 is 2.15 bits per heavy atom. The molecule has 1 N–H and O–H groups in total. The second kappa shape index (κ2) is 5.21. The number of aryl methyl sites for hydroxylation is 1. The molecule has 1 aromatic carbocycles. The molecule has 0 spiro atoms. The van der Waals surface area contributed by atoms with Crippen molar-refractivity contribution < 1.29 is 4.79 Å². The van der Waals surface area contributed by atoms with Gasteiger partial charge in [0.1, 0.15) is 5.65 Å². The Morgan fingerprint density at radius 1 is 1.35 bits per heavy atom. The van der Waals surface area contributed by atoms with Crippen LogP contribution in [0.3, 0.4) is 0 Å². The third-order valence-corrected chi connectivity index (χ3v) is 3.84. The number of carbonyl (C=O) groups is 1. The lowest BCUT2D eigenvalue weighted by atomic mass is 10.00. The van der Waals surface area contributed by atoms with Gasteiger partial charge in [-0.15, -0.1) is 0 Å². The molecule has 20 heavy (non-hydrogen) atoms. The van der Waals surface area contributed by atoms with Crippen molar-refractivity contribution in [2.75, 3.05) is 0 Å². The predicted octanol–water partition coefficient (Wildman–Crippen LogP) is 4.06. The molecule has 0 fully saturated rings. The highest BCUT2D eigenvalue weighted by Gasteiger charge is 2.14. The average molecular weight is 329 g/mol. The highest BCUT2D eigenvalue weighted by atomic mass is 79.9. The van der Waals surface area contributed by atoms with E-state index in [0.717, 1.165) is 26.6 Å². The summed E-state index contributed by atoms with van der Waals surface area (Å²) >= 11 is 3.39. The molecule has 0 saturated carbocycles. The quantitative estimate of drug-likeness (QED) is 0.737. The number of aromatic nitrogens is 2. The van der Waals surface area contributed by atoms with Crippen LogP contribution in [0.5, 0.6) is 0 Å². The molecule has 3 aromatic rings. The first-order valence-electron chi connectivity index (χ1n) is 6.35. The molecule has 0 aliphatic heterocycles. The van der Waals surface area contributed by atoms with Crippen molar-refractivity contribution in [3.63, 3.8) is 0 Å². The summed E-state index contributed by atoms with van der Waals surface area (Å²) in [5.74, 6) is 0.102. The van der Waals surface area contributed by atoms with Crippen LogP contribution in [0.25, 0.3) is 11.0 Å². The summed E-state index contributed by atoms with van der Waals surface area (Å²) in [6.07, 6.45) is 3.87. The minimum absolute atomic E-state index is 0.102. The van der Waals surface area contributed by atoms with Crippen LogP contribution in [-0.4, -0.2) is 15.8 Å². The number of aromatic amines is 1. The van der Waals surface area contributed by atoms with E-state index < -0.39 is 0 Å². The molecule has 0 saturated heterocycles. The lowest BCUT2D eigenvalue weighted by Crippen LogP contribution is -2.04. The van der Waals surface area contributed by atoms with E-state index in [-0.39, 0.29) is 5.78 Å². The van der Waals surface area contributed by atoms with Gasteiger partial charge in [-0.3, -0.25) is 4.79 Å². The molecule has 2 aromatic heterocycles. The van der Waals surface area contributed by atoms with Crippen LogP contribution in [0.15, 0.2) is 47.2 Å². The van der Waals surface area contributed by atoms with E-state index in [1.165, 1.54) is 0 Å². The van der Waals surface area contributed by atoms with Crippen molar-refractivity contribution in [1.82, 2.24) is 9.97 Å².